The summed E-state index contributed by atoms with van der Waals surface area (Å²) in [5.74, 6) is 0. The van der Waals surface area contributed by atoms with Crippen molar-refractivity contribution in [1.29, 1.82) is 0 Å². The number of benzene rings is 1. The monoisotopic (exact) mass is 244 g/mol. The molecule has 0 saturated carbocycles. The quantitative estimate of drug-likeness (QED) is 0.701. The van der Waals surface area contributed by atoms with Gasteiger partial charge in [-0.1, -0.05) is 15.9 Å². The largest absolute Gasteiger partial charge is 0.355 e. The van der Waals surface area contributed by atoms with Crippen LogP contribution in [0.1, 0.15) is 0 Å². The van der Waals surface area contributed by atoms with E-state index in [0.717, 1.165) is 21.8 Å². The molecule has 1 aromatic rings. The van der Waals surface area contributed by atoms with E-state index in [9.17, 15) is 4.48 Å². The summed E-state index contributed by atoms with van der Waals surface area (Å²) in [5, 5.41) is 0.821. The van der Waals surface area contributed by atoms with Crippen molar-refractivity contribution >= 4 is 21.6 Å². The lowest BCUT2D eigenvalue weighted by atomic mass is 10.3. The van der Waals surface area contributed by atoms with Gasteiger partial charge in [0.1, 0.15) is 0 Å². The molecular formula is C9H10BrFN2. The average Bonchev–Trinajstić information content (AvgIpc) is 2.53. The number of hydrogen-bond donors (Lipinski definition) is 0. The molecule has 0 unspecified atom stereocenters. The van der Waals surface area contributed by atoms with Gasteiger partial charge in [0.15, 0.2) is 0 Å². The van der Waals surface area contributed by atoms with E-state index in [2.05, 4.69) is 15.9 Å². The third-order valence-corrected chi connectivity index (χ3v) is 2.66. The van der Waals surface area contributed by atoms with Gasteiger partial charge in [-0.2, -0.15) is 0 Å². The average molecular weight is 245 g/mol. The number of hydrogen-bond acceptors (Lipinski definition) is 2. The molecule has 1 aliphatic rings. The van der Waals surface area contributed by atoms with Crippen LogP contribution in [-0.4, -0.2) is 24.9 Å². The van der Waals surface area contributed by atoms with Gasteiger partial charge in [-0.25, -0.2) is 0 Å². The van der Waals surface area contributed by atoms with E-state index >= 15 is 0 Å². The van der Waals surface area contributed by atoms with Crippen LogP contribution in [0, 0.1) is 0 Å². The van der Waals surface area contributed by atoms with Crippen molar-refractivity contribution in [1.82, 2.24) is 5.12 Å². The van der Waals surface area contributed by atoms with Crippen molar-refractivity contribution in [3.05, 3.63) is 28.7 Å². The number of halogens is 2. The van der Waals surface area contributed by atoms with Gasteiger partial charge in [0, 0.05) is 23.2 Å². The molecule has 0 aromatic heterocycles. The standard InChI is InChI=1S/C9H10BrFN2/c10-8-1-3-9(4-2-8)12-5-6-13(11)7-12/h1-4H,5-7H2. The summed E-state index contributed by atoms with van der Waals surface area (Å²) in [6.07, 6.45) is 0. The van der Waals surface area contributed by atoms with Gasteiger partial charge in [-0.3, -0.25) is 0 Å². The normalized spacial score (nSPS) is 18.2. The summed E-state index contributed by atoms with van der Waals surface area (Å²) in [4.78, 5) is 2.01. The maximum atomic E-state index is 12.7. The van der Waals surface area contributed by atoms with E-state index in [-0.39, 0.29) is 0 Å². The highest BCUT2D eigenvalue weighted by Crippen LogP contribution is 2.20. The second-order valence-electron chi connectivity index (χ2n) is 3.07. The van der Waals surface area contributed by atoms with Gasteiger partial charge < -0.3 is 4.90 Å². The van der Waals surface area contributed by atoms with Crippen LogP contribution in [-0.2, 0) is 0 Å². The summed E-state index contributed by atoms with van der Waals surface area (Å²) in [7, 11) is 0. The minimum absolute atomic E-state index is 0.377. The fourth-order valence-corrected chi connectivity index (χ4v) is 1.68. The molecule has 0 N–H and O–H groups in total. The summed E-state index contributed by atoms with van der Waals surface area (Å²) in [6.45, 7) is 1.63. The lowest BCUT2D eigenvalue weighted by Crippen LogP contribution is -2.20. The molecule has 0 spiro atoms. The van der Waals surface area contributed by atoms with Crippen LogP contribution in [0.4, 0.5) is 10.2 Å². The van der Waals surface area contributed by atoms with Crippen molar-refractivity contribution in [2.75, 3.05) is 24.7 Å². The van der Waals surface area contributed by atoms with Crippen LogP contribution >= 0.6 is 15.9 Å². The minimum Gasteiger partial charge on any atom is -0.355 e. The first-order valence-corrected chi connectivity index (χ1v) is 4.96. The summed E-state index contributed by atoms with van der Waals surface area (Å²) in [6, 6.07) is 7.92. The van der Waals surface area contributed by atoms with E-state index in [1.807, 2.05) is 29.2 Å². The molecule has 0 aliphatic carbocycles. The Morgan fingerprint density at radius 1 is 1.15 bits per heavy atom. The van der Waals surface area contributed by atoms with Crippen LogP contribution in [0.15, 0.2) is 28.7 Å². The molecule has 2 rings (SSSR count). The maximum absolute atomic E-state index is 12.7. The first-order chi connectivity index (χ1) is 6.25. The fraction of sp³-hybridized carbons (Fsp3) is 0.333. The molecule has 0 amide bonds. The van der Waals surface area contributed by atoms with Gasteiger partial charge in [-0.15, -0.1) is 9.60 Å². The molecular weight excluding hydrogens is 235 g/mol. The maximum Gasteiger partial charge on any atom is 0.0997 e. The molecule has 1 heterocycles. The van der Waals surface area contributed by atoms with Crippen molar-refractivity contribution < 1.29 is 4.48 Å². The Hall–Kier alpha value is -0.610. The zero-order valence-corrected chi connectivity index (χ0v) is 8.67. The molecule has 4 heteroatoms. The van der Waals surface area contributed by atoms with Gasteiger partial charge in [-0.05, 0) is 24.3 Å². The lowest BCUT2D eigenvalue weighted by molar-refractivity contribution is 0.0591. The van der Waals surface area contributed by atoms with Crippen LogP contribution in [0.3, 0.4) is 0 Å². The zero-order chi connectivity index (χ0) is 9.26. The number of nitrogens with zero attached hydrogens (tertiary/aromatic N) is 2. The predicted molar refractivity (Wildman–Crippen MR) is 54.2 cm³/mol. The first kappa shape index (κ1) is 8.97. The van der Waals surface area contributed by atoms with Gasteiger partial charge >= 0.3 is 0 Å². The van der Waals surface area contributed by atoms with E-state index in [1.165, 1.54) is 0 Å². The fourth-order valence-electron chi connectivity index (χ4n) is 1.42. The highest BCUT2D eigenvalue weighted by molar-refractivity contribution is 9.10. The predicted octanol–water partition coefficient (Wildman–Crippen LogP) is 2.41. The molecule has 1 aromatic carbocycles. The summed E-state index contributed by atoms with van der Waals surface area (Å²) < 4.78 is 13.8. The minimum atomic E-state index is 0.377. The van der Waals surface area contributed by atoms with Gasteiger partial charge in [0.25, 0.3) is 0 Å². The first-order valence-electron chi connectivity index (χ1n) is 4.17. The molecule has 1 aliphatic heterocycles. The van der Waals surface area contributed by atoms with Crippen molar-refractivity contribution in [2.24, 2.45) is 0 Å². The molecule has 70 valence electrons. The Morgan fingerprint density at radius 2 is 1.85 bits per heavy atom. The SMILES string of the molecule is FN1CCN(c2ccc(Br)cc2)C1. The number of rotatable bonds is 1. The third-order valence-electron chi connectivity index (χ3n) is 2.13. The van der Waals surface area contributed by atoms with Crippen LogP contribution in [0.25, 0.3) is 0 Å². The van der Waals surface area contributed by atoms with Crippen molar-refractivity contribution in [3.8, 4) is 0 Å². The van der Waals surface area contributed by atoms with Gasteiger partial charge in [0.05, 0.1) is 6.67 Å². The highest BCUT2D eigenvalue weighted by atomic mass is 79.9. The van der Waals surface area contributed by atoms with Gasteiger partial charge in [0.2, 0.25) is 0 Å². The Bertz CT molecular complexity index is 288. The number of anilines is 1. The third kappa shape index (κ3) is 2.00. The van der Waals surface area contributed by atoms with E-state index in [4.69, 9.17) is 0 Å². The van der Waals surface area contributed by atoms with Crippen LogP contribution < -0.4 is 4.90 Å². The molecule has 1 saturated heterocycles. The Kier molecular flexibility index (Phi) is 2.51. The lowest BCUT2D eigenvalue weighted by Gasteiger charge is -2.16. The van der Waals surface area contributed by atoms with E-state index in [0.29, 0.717) is 13.2 Å². The van der Waals surface area contributed by atoms with Crippen molar-refractivity contribution in [3.63, 3.8) is 0 Å². The molecule has 1 fully saturated rings. The van der Waals surface area contributed by atoms with E-state index in [1.54, 1.807) is 0 Å². The molecule has 0 atom stereocenters. The van der Waals surface area contributed by atoms with Crippen LogP contribution in [0.5, 0.6) is 0 Å². The second kappa shape index (κ2) is 3.64. The molecule has 2 nitrogen and oxygen atoms in total. The molecule has 13 heavy (non-hydrogen) atoms. The van der Waals surface area contributed by atoms with Crippen LogP contribution in [0.2, 0.25) is 0 Å². The Morgan fingerprint density at radius 3 is 2.38 bits per heavy atom. The van der Waals surface area contributed by atoms with E-state index < -0.39 is 0 Å². The topological polar surface area (TPSA) is 6.48 Å². The second-order valence-corrected chi connectivity index (χ2v) is 3.98. The molecule has 0 radical (unpaired) electrons. The van der Waals surface area contributed by atoms with Crippen molar-refractivity contribution in [2.45, 2.75) is 0 Å². The Balaban J connectivity index is 2.13. The zero-order valence-electron chi connectivity index (χ0n) is 7.08. The smallest absolute Gasteiger partial charge is 0.0997 e. The molecule has 0 bridgehead atoms. The highest BCUT2D eigenvalue weighted by Gasteiger charge is 2.19. The summed E-state index contributed by atoms with van der Waals surface area (Å²) in [5.41, 5.74) is 1.07. The summed E-state index contributed by atoms with van der Waals surface area (Å²) >= 11 is 3.36. The Labute approximate surface area is 85.0 Å².